The predicted molar refractivity (Wildman–Crippen MR) is 97.4 cm³/mol. The summed E-state index contributed by atoms with van der Waals surface area (Å²) in [7, 11) is 1.38. The average molecular weight is 353 g/mol. The molecule has 0 unspecified atom stereocenters. The van der Waals surface area contributed by atoms with Crippen LogP contribution in [0.4, 0.5) is 4.79 Å². The van der Waals surface area contributed by atoms with Crippen molar-refractivity contribution in [1.29, 1.82) is 0 Å². The third-order valence-corrected chi connectivity index (χ3v) is 4.14. The molecule has 0 saturated heterocycles. The van der Waals surface area contributed by atoms with Gasteiger partial charge in [-0.05, 0) is 44.2 Å². The van der Waals surface area contributed by atoms with Gasteiger partial charge in [0, 0.05) is 18.7 Å². The Morgan fingerprint density at radius 3 is 2.42 bits per heavy atom. The third-order valence-electron chi connectivity index (χ3n) is 3.24. The minimum atomic E-state index is -0.494. The number of carbonyl (C=O) groups excluding carboxylic acids is 2. The molecule has 1 amide bonds. The highest BCUT2D eigenvalue weighted by molar-refractivity contribution is 7.12. The molecule has 24 heavy (non-hydrogen) atoms. The second-order valence-corrected chi connectivity index (χ2v) is 6.98. The molecule has 0 saturated carbocycles. The molecule has 0 N–H and O–H groups in total. The fourth-order valence-electron chi connectivity index (χ4n) is 2.22. The van der Waals surface area contributed by atoms with Gasteiger partial charge >= 0.3 is 12.1 Å². The van der Waals surface area contributed by atoms with Crippen molar-refractivity contribution in [1.82, 2.24) is 4.90 Å². The highest BCUT2D eigenvalue weighted by Crippen LogP contribution is 2.30. The Kier molecular flexibility index (Phi) is 7.48. The minimum Gasteiger partial charge on any atom is -0.465 e. The number of thiophene rings is 1. The fourth-order valence-corrected chi connectivity index (χ4v) is 3.06. The van der Waals surface area contributed by atoms with Gasteiger partial charge in [-0.2, -0.15) is 0 Å². The minimum absolute atomic E-state index is 0.304. The monoisotopic (exact) mass is 353 g/mol. The highest BCUT2D eigenvalue weighted by atomic mass is 32.1. The number of carbonyl (C=O) groups is 2. The van der Waals surface area contributed by atoms with Crippen LogP contribution in [0.25, 0.3) is 5.57 Å². The summed E-state index contributed by atoms with van der Waals surface area (Å²) in [4.78, 5) is 26.1. The molecular weight excluding hydrogens is 326 g/mol. The molecule has 1 aromatic heterocycles. The van der Waals surface area contributed by atoms with Crippen LogP contribution >= 0.6 is 11.3 Å². The summed E-state index contributed by atoms with van der Waals surface area (Å²) in [6.45, 7) is 10.6. The summed E-state index contributed by atoms with van der Waals surface area (Å²) in [6, 6.07) is 1.92. The van der Waals surface area contributed by atoms with E-state index >= 15 is 0 Å². The third kappa shape index (κ3) is 5.37. The van der Waals surface area contributed by atoms with Crippen LogP contribution in [-0.4, -0.2) is 42.8 Å². The Labute approximate surface area is 148 Å². The van der Waals surface area contributed by atoms with E-state index in [1.165, 1.54) is 18.4 Å². The van der Waals surface area contributed by atoms with Crippen LogP contribution in [0.3, 0.4) is 0 Å². The number of esters is 1. The molecule has 6 heteroatoms. The number of amides is 1. The van der Waals surface area contributed by atoms with E-state index in [0.29, 0.717) is 24.4 Å². The summed E-state index contributed by atoms with van der Waals surface area (Å²) >= 11 is 1.37. The molecular formula is C18H27NO4S. The van der Waals surface area contributed by atoms with Crippen LogP contribution in [0.1, 0.15) is 56.3 Å². The maximum Gasteiger partial charge on any atom is 0.410 e. The molecule has 0 spiro atoms. The van der Waals surface area contributed by atoms with E-state index in [0.717, 1.165) is 11.1 Å². The number of methoxy groups -OCH3 is 1. The molecule has 0 bridgehead atoms. The summed E-state index contributed by atoms with van der Waals surface area (Å²) in [5.41, 5.74) is 1.48. The lowest BCUT2D eigenvalue weighted by Crippen LogP contribution is -2.39. The molecule has 2 heterocycles. The fraction of sp³-hybridized carbons (Fsp3) is 0.556. The van der Waals surface area contributed by atoms with Crippen LogP contribution in [0.2, 0.25) is 0 Å². The first-order valence-electron chi connectivity index (χ1n) is 8.15. The Balaban J connectivity index is 0.00000139. The Bertz CT molecular complexity index is 598. The molecule has 0 atom stereocenters. The molecule has 1 aliphatic heterocycles. The standard InChI is InChI=1S/C16H21NO4S.C2H6/c1-16(2,3)21-15(19)17-8-5-11(6-9-17)12-7-10-22-13(12)14(18)20-4;1-2/h5,7,10H,6,8-9H2,1-4H3;1-2H3. The van der Waals surface area contributed by atoms with Crippen LogP contribution in [0.5, 0.6) is 0 Å². The van der Waals surface area contributed by atoms with Crippen molar-refractivity contribution >= 4 is 29.0 Å². The second-order valence-electron chi connectivity index (χ2n) is 6.06. The SMILES string of the molecule is CC.COC(=O)c1sccc1C1=CCN(C(=O)OC(C)(C)C)CC1. The normalized spacial score (nSPS) is 14.2. The van der Waals surface area contributed by atoms with Gasteiger partial charge in [-0.1, -0.05) is 19.9 Å². The van der Waals surface area contributed by atoms with Crippen molar-refractivity contribution in [2.45, 2.75) is 46.6 Å². The lowest BCUT2D eigenvalue weighted by molar-refractivity contribution is 0.0270. The maximum absolute atomic E-state index is 12.0. The van der Waals surface area contributed by atoms with E-state index in [1.807, 2.05) is 52.1 Å². The van der Waals surface area contributed by atoms with Crippen molar-refractivity contribution in [2.75, 3.05) is 20.2 Å². The Morgan fingerprint density at radius 1 is 1.25 bits per heavy atom. The number of rotatable bonds is 2. The maximum atomic E-state index is 12.0. The lowest BCUT2D eigenvalue weighted by atomic mass is 10.0. The smallest absolute Gasteiger partial charge is 0.410 e. The number of ether oxygens (including phenoxy) is 2. The van der Waals surface area contributed by atoms with E-state index in [9.17, 15) is 9.59 Å². The number of hydrogen-bond acceptors (Lipinski definition) is 5. The van der Waals surface area contributed by atoms with Crippen molar-refractivity contribution in [3.63, 3.8) is 0 Å². The van der Waals surface area contributed by atoms with Gasteiger partial charge in [0.2, 0.25) is 0 Å². The van der Waals surface area contributed by atoms with Crippen LogP contribution in [0, 0.1) is 0 Å². The van der Waals surface area contributed by atoms with E-state index in [1.54, 1.807) is 4.90 Å². The molecule has 0 fully saturated rings. The molecule has 1 aliphatic rings. The number of nitrogens with zero attached hydrogens (tertiary/aromatic N) is 1. The van der Waals surface area contributed by atoms with Crippen LogP contribution < -0.4 is 0 Å². The lowest BCUT2D eigenvalue weighted by Gasteiger charge is -2.29. The van der Waals surface area contributed by atoms with Gasteiger partial charge < -0.3 is 14.4 Å². The quantitative estimate of drug-likeness (QED) is 0.730. The molecule has 5 nitrogen and oxygen atoms in total. The summed E-state index contributed by atoms with van der Waals surface area (Å²) < 4.78 is 10.2. The zero-order chi connectivity index (χ0) is 18.3. The molecule has 0 aromatic carbocycles. The van der Waals surface area contributed by atoms with Gasteiger partial charge in [0.15, 0.2) is 0 Å². The van der Waals surface area contributed by atoms with Gasteiger partial charge in [0.05, 0.1) is 7.11 Å². The largest absolute Gasteiger partial charge is 0.465 e. The molecule has 134 valence electrons. The molecule has 0 aliphatic carbocycles. The molecule has 1 aromatic rings. The van der Waals surface area contributed by atoms with Crippen LogP contribution in [0.15, 0.2) is 17.5 Å². The van der Waals surface area contributed by atoms with Gasteiger partial charge in [0.1, 0.15) is 10.5 Å². The number of hydrogen-bond donors (Lipinski definition) is 0. The van der Waals surface area contributed by atoms with Gasteiger partial charge in [0.25, 0.3) is 0 Å². The van der Waals surface area contributed by atoms with E-state index in [2.05, 4.69) is 0 Å². The predicted octanol–water partition coefficient (Wildman–Crippen LogP) is 4.59. The zero-order valence-electron chi connectivity index (χ0n) is 15.3. The second kappa shape index (κ2) is 8.87. The highest BCUT2D eigenvalue weighted by Gasteiger charge is 2.25. The van der Waals surface area contributed by atoms with E-state index in [-0.39, 0.29) is 12.1 Å². The average Bonchev–Trinajstić information content (AvgIpc) is 3.04. The Hall–Kier alpha value is -1.82. The summed E-state index contributed by atoms with van der Waals surface area (Å²) in [5.74, 6) is -0.319. The Morgan fingerprint density at radius 2 is 1.92 bits per heavy atom. The van der Waals surface area contributed by atoms with Crippen molar-refractivity contribution < 1.29 is 19.1 Å². The van der Waals surface area contributed by atoms with Crippen molar-refractivity contribution in [3.05, 3.63) is 28.0 Å². The molecule has 2 rings (SSSR count). The van der Waals surface area contributed by atoms with Gasteiger partial charge in [-0.25, -0.2) is 9.59 Å². The first-order chi connectivity index (χ1) is 11.3. The van der Waals surface area contributed by atoms with Crippen LogP contribution in [-0.2, 0) is 9.47 Å². The topological polar surface area (TPSA) is 55.8 Å². The van der Waals surface area contributed by atoms with Crippen molar-refractivity contribution in [2.24, 2.45) is 0 Å². The summed E-state index contributed by atoms with van der Waals surface area (Å²) in [6.07, 6.45) is 2.36. The first-order valence-corrected chi connectivity index (χ1v) is 9.03. The van der Waals surface area contributed by atoms with E-state index in [4.69, 9.17) is 9.47 Å². The van der Waals surface area contributed by atoms with Gasteiger partial charge in [-0.3, -0.25) is 0 Å². The van der Waals surface area contributed by atoms with Crippen molar-refractivity contribution in [3.8, 4) is 0 Å². The van der Waals surface area contributed by atoms with Gasteiger partial charge in [-0.15, -0.1) is 11.3 Å². The van der Waals surface area contributed by atoms with E-state index < -0.39 is 5.60 Å². The first kappa shape index (κ1) is 20.2. The summed E-state index contributed by atoms with van der Waals surface area (Å²) in [5, 5.41) is 1.88. The molecule has 0 radical (unpaired) electrons. The zero-order valence-corrected chi connectivity index (χ0v) is 16.2.